The highest BCUT2D eigenvalue weighted by atomic mass is 16.6. The van der Waals surface area contributed by atoms with Crippen LogP contribution in [-0.4, -0.2) is 45.9 Å². The molecule has 0 unspecified atom stereocenters. The predicted octanol–water partition coefficient (Wildman–Crippen LogP) is 3.57. The highest BCUT2D eigenvalue weighted by molar-refractivity contribution is 5.95. The van der Waals surface area contributed by atoms with E-state index in [4.69, 9.17) is 18.9 Å². The normalized spacial score (nSPS) is 12.4. The van der Waals surface area contributed by atoms with Gasteiger partial charge in [0.2, 0.25) is 0 Å². The van der Waals surface area contributed by atoms with Crippen molar-refractivity contribution in [1.29, 1.82) is 0 Å². The van der Waals surface area contributed by atoms with Gasteiger partial charge in [0.15, 0.2) is 17.6 Å². The van der Waals surface area contributed by atoms with E-state index in [2.05, 4.69) is 12.2 Å². The van der Waals surface area contributed by atoms with Crippen molar-refractivity contribution in [2.75, 3.05) is 27.9 Å². The summed E-state index contributed by atoms with van der Waals surface area (Å²) in [7, 11) is 4.38. The number of methoxy groups -OCH3 is 3. The Hall–Kier alpha value is -3.22. The summed E-state index contributed by atoms with van der Waals surface area (Å²) in [5.74, 6) is 0.173. The third kappa shape index (κ3) is 5.65. The number of ether oxygens (including phenoxy) is 4. The number of hydrogen-bond donors (Lipinski definition) is 1. The second-order valence-electron chi connectivity index (χ2n) is 6.72. The van der Waals surface area contributed by atoms with Crippen LogP contribution in [0.5, 0.6) is 17.2 Å². The van der Waals surface area contributed by atoms with Crippen molar-refractivity contribution in [1.82, 2.24) is 5.32 Å². The molecule has 0 radical (unpaired) electrons. The zero-order valence-corrected chi connectivity index (χ0v) is 18.1. The molecular weight excluding hydrogens is 386 g/mol. The summed E-state index contributed by atoms with van der Waals surface area (Å²) >= 11 is 0. The van der Waals surface area contributed by atoms with Gasteiger partial charge in [0.25, 0.3) is 5.91 Å². The quantitative estimate of drug-likeness (QED) is 0.598. The van der Waals surface area contributed by atoms with Gasteiger partial charge >= 0.3 is 5.97 Å². The monoisotopic (exact) mass is 415 g/mol. The highest BCUT2D eigenvalue weighted by Gasteiger charge is 2.24. The molecule has 0 aliphatic carbocycles. The first-order chi connectivity index (χ1) is 14.4. The Morgan fingerprint density at radius 1 is 0.933 bits per heavy atom. The first-order valence-corrected chi connectivity index (χ1v) is 9.78. The van der Waals surface area contributed by atoms with E-state index in [-0.39, 0.29) is 23.1 Å². The number of benzene rings is 2. The molecule has 0 saturated heterocycles. The van der Waals surface area contributed by atoms with Crippen molar-refractivity contribution in [3.05, 3.63) is 53.6 Å². The van der Waals surface area contributed by atoms with Crippen LogP contribution in [-0.2, 0) is 9.53 Å². The van der Waals surface area contributed by atoms with Gasteiger partial charge in [-0.1, -0.05) is 37.3 Å². The molecule has 2 aromatic carbocycles. The van der Waals surface area contributed by atoms with E-state index in [0.29, 0.717) is 18.0 Å². The minimum absolute atomic E-state index is 0.144. The molecule has 2 rings (SSSR count). The number of esters is 1. The lowest BCUT2D eigenvalue weighted by Crippen LogP contribution is -2.38. The number of nitrogens with one attached hydrogen (secondary N) is 1. The molecule has 0 aliphatic heterocycles. The largest absolute Gasteiger partial charge is 0.496 e. The van der Waals surface area contributed by atoms with Crippen LogP contribution in [0.4, 0.5) is 0 Å². The molecule has 7 heteroatoms. The van der Waals surface area contributed by atoms with Crippen molar-refractivity contribution in [2.45, 2.75) is 32.3 Å². The standard InChI is InChI=1S/C23H29NO6/c1-6-16(17-10-8-7-9-11-17)14-24-22(25)15(2)30-23(26)18-12-20(28-4)21(29-5)13-19(18)27-3/h7-13,15-16H,6,14H2,1-5H3,(H,24,25)/t15-,16-/m0/s1. The van der Waals surface area contributed by atoms with E-state index < -0.39 is 12.1 Å². The fourth-order valence-electron chi connectivity index (χ4n) is 3.06. The first kappa shape index (κ1) is 23.1. The van der Waals surface area contributed by atoms with Gasteiger partial charge in [-0.2, -0.15) is 0 Å². The fourth-order valence-corrected chi connectivity index (χ4v) is 3.06. The van der Waals surface area contributed by atoms with Crippen LogP contribution in [0.3, 0.4) is 0 Å². The number of amides is 1. The van der Waals surface area contributed by atoms with Gasteiger partial charge in [0.05, 0.1) is 21.3 Å². The van der Waals surface area contributed by atoms with Crippen LogP contribution >= 0.6 is 0 Å². The molecule has 1 N–H and O–H groups in total. The lowest BCUT2D eigenvalue weighted by atomic mass is 9.96. The lowest BCUT2D eigenvalue weighted by Gasteiger charge is -2.19. The van der Waals surface area contributed by atoms with Gasteiger partial charge in [-0.25, -0.2) is 4.79 Å². The maximum atomic E-state index is 12.6. The summed E-state index contributed by atoms with van der Waals surface area (Å²) in [6, 6.07) is 13.0. The van der Waals surface area contributed by atoms with Gasteiger partial charge in [-0.05, 0) is 18.9 Å². The zero-order valence-electron chi connectivity index (χ0n) is 18.1. The van der Waals surface area contributed by atoms with Gasteiger partial charge < -0.3 is 24.3 Å². The molecule has 0 spiro atoms. The molecule has 0 fully saturated rings. The highest BCUT2D eigenvalue weighted by Crippen LogP contribution is 2.35. The summed E-state index contributed by atoms with van der Waals surface area (Å²) in [6.45, 7) is 4.06. The van der Waals surface area contributed by atoms with E-state index >= 15 is 0 Å². The smallest absolute Gasteiger partial charge is 0.342 e. The fraction of sp³-hybridized carbons (Fsp3) is 0.391. The molecule has 0 aliphatic rings. The number of carbonyl (C=O) groups is 2. The van der Waals surface area contributed by atoms with E-state index in [1.165, 1.54) is 40.4 Å². The molecule has 162 valence electrons. The Kier molecular flexibility index (Phi) is 8.53. The Morgan fingerprint density at radius 3 is 2.10 bits per heavy atom. The molecule has 0 heterocycles. The SMILES string of the molecule is CC[C@@H](CNC(=O)[C@H](C)OC(=O)c1cc(OC)c(OC)cc1OC)c1ccccc1. The minimum Gasteiger partial charge on any atom is -0.496 e. The topological polar surface area (TPSA) is 83.1 Å². The van der Waals surface area contributed by atoms with Gasteiger partial charge in [-0.3, -0.25) is 4.79 Å². The summed E-state index contributed by atoms with van der Waals surface area (Å²) < 4.78 is 21.1. The number of carbonyl (C=O) groups excluding carboxylic acids is 2. The van der Waals surface area contributed by atoms with E-state index in [0.717, 1.165) is 12.0 Å². The maximum absolute atomic E-state index is 12.6. The van der Waals surface area contributed by atoms with Crippen molar-refractivity contribution < 1.29 is 28.5 Å². The van der Waals surface area contributed by atoms with Crippen LogP contribution in [0.25, 0.3) is 0 Å². The molecule has 7 nitrogen and oxygen atoms in total. The lowest BCUT2D eigenvalue weighted by molar-refractivity contribution is -0.129. The second-order valence-corrected chi connectivity index (χ2v) is 6.72. The third-order valence-corrected chi connectivity index (χ3v) is 4.87. The van der Waals surface area contributed by atoms with Crippen LogP contribution in [0.15, 0.2) is 42.5 Å². The van der Waals surface area contributed by atoms with Crippen LogP contribution in [0.2, 0.25) is 0 Å². The van der Waals surface area contributed by atoms with Crippen molar-refractivity contribution in [2.24, 2.45) is 0 Å². The summed E-state index contributed by atoms with van der Waals surface area (Å²) in [4.78, 5) is 25.1. The third-order valence-electron chi connectivity index (χ3n) is 4.87. The Labute approximate surface area is 177 Å². The molecule has 1 amide bonds. The average Bonchev–Trinajstić information content (AvgIpc) is 2.78. The average molecular weight is 415 g/mol. The van der Waals surface area contributed by atoms with Crippen molar-refractivity contribution in [3.8, 4) is 17.2 Å². The van der Waals surface area contributed by atoms with Crippen molar-refractivity contribution >= 4 is 11.9 Å². The molecule has 2 atom stereocenters. The predicted molar refractivity (Wildman–Crippen MR) is 113 cm³/mol. The molecule has 0 bridgehead atoms. The van der Waals surface area contributed by atoms with Crippen LogP contribution in [0, 0.1) is 0 Å². The van der Waals surface area contributed by atoms with Gasteiger partial charge in [-0.15, -0.1) is 0 Å². The van der Waals surface area contributed by atoms with Gasteiger partial charge in [0.1, 0.15) is 11.3 Å². The van der Waals surface area contributed by atoms with E-state index in [1.807, 2.05) is 30.3 Å². The van der Waals surface area contributed by atoms with Crippen LogP contribution < -0.4 is 19.5 Å². The molecular formula is C23H29NO6. The molecule has 2 aromatic rings. The molecule has 30 heavy (non-hydrogen) atoms. The van der Waals surface area contributed by atoms with Gasteiger partial charge in [0, 0.05) is 24.6 Å². The van der Waals surface area contributed by atoms with Crippen LogP contribution in [0.1, 0.15) is 42.1 Å². The van der Waals surface area contributed by atoms with Crippen molar-refractivity contribution in [3.63, 3.8) is 0 Å². The molecule has 0 aromatic heterocycles. The zero-order chi connectivity index (χ0) is 22.1. The van der Waals surface area contributed by atoms with E-state index in [9.17, 15) is 9.59 Å². The minimum atomic E-state index is -0.969. The second kappa shape index (κ2) is 11.1. The number of hydrogen-bond acceptors (Lipinski definition) is 6. The first-order valence-electron chi connectivity index (χ1n) is 9.78. The Balaban J connectivity index is 2.03. The Morgan fingerprint density at radius 2 is 1.53 bits per heavy atom. The summed E-state index contributed by atoms with van der Waals surface area (Å²) in [5.41, 5.74) is 1.30. The van der Waals surface area contributed by atoms with E-state index in [1.54, 1.807) is 0 Å². The maximum Gasteiger partial charge on any atom is 0.342 e. The number of rotatable bonds is 10. The summed E-state index contributed by atoms with van der Waals surface area (Å²) in [6.07, 6.45) is -0.0926. The Bertz CT molecular complexity index is 852. The molecule has 0 saturated carbocycles. The summed E-state index contributed by atoms with van der Waals surface area (Å²) in [5, 5.41) is 2.87.